The fourth-order valence-corrected chi connectivity index (χ4v) is 16.1. The molecular formula is C88H171NO18. The lowest BCUT2D eigenvalue weighted by Gasteiger charge is -2.48. The number of aliphatic hydroxyl groups excluding tert-OH is 11. The zero-order valence-corrected chi connectivity index (χ0v) is 68.7. The van der Waals surface area contributed by atoms with Gasteiger partial charge in [-0.2, -0.15) is 0 Å². The molecule has 3 aliphatic heterocycles. The second-order valence-corrected chi connectivity index (χ2v) is 33.1. The minimum Gasteiger partial charge on any atom is -0.394 e. The van der Waals surface area contributed by atoms with Crippen molar-refractivity contribution in [3.63, 3.8) is 0 Å². The number of carbonyl (C=O) groups excluding carboxylic acids is 1. The van der Waals surface area contributed by atoms with Gasteiger partial charge in [0.25, 0.3) is 0 Å². The van der Waals surface area contributed by atoms with Gasteiger partial charge in [-0.1, -0.05) is 406 Å². The molecule has 12 N–H and O–H groups in total. The highest BCUT2D eigenvalue weighted by atomic mass is 16.8. The lowest BCUT2D eigenvalue weighted by Crippen LogP contribution is -2.66. The average Bonchev–Trinajstić information content (AvgIpc) is 0.782. The molecule has 3 fully saturated rings. The summed E-state index contributed by atoms with van der Waals surface area (Å²) in [7, 11) is 0. The molecule has 0 aromatic heterocycles. The van der Waals surface area contributed by atoms with Crippen LogP contribution in [0.4, 0.5) is 0 Å². The van der Waals surface area contributed by atoms with Gasteiger partial charge in [-0.25, -0.2) is 0 Å². The molecule has 0 aromatic carbocycles. The van der Waals surface area contributed by atoms with Gasteiger partial charge in [-0.05, 0) is 12.8 Å². The van der Waals surface area contributed by atoms with Gasteiger partial charge in [0, 0.05) is 6.42 Å². The van der Waals surface area contributed by atoms with E-state index in [2.05, 4.69) is 19.2 Å². The summed E-state index contributed by atoms with van der Waals surface area (Å²) in [4.78, 5) is 13.5. The van der Waals surface area contributed by atoms with Crippen molar-refractivity contribution in [2.24, 2.45) is 0 Å². The molecule has 17 unspecified atom stereocenters. The SMILES string of the molecule is CCCCCCCCCCCCCCCCCCCCCCCCCCCCCCCCCCCC(O)C(COC1OC(CO)C(OC2OC(CO)C(OC3OC(CO)C(O)C(O)C3O)C(O)C2O)C(O)C1O)NC(=O)CCCCCCCCCCCCCCCCCCCCCCCCCCCCCCC. The topological polar surface area (TPSA) is 307 Å². The van der Waals surface area contributed by atoms with Gasteiger partial charge in [0.1, 0.15) is 73.2 Å². The highest BCUT2D eigenvalue weighted by molar-refractivity contribution is 5.76. The Morgan fingerprint density at radius 2 is 0.533 bits per heavy atom. The molecule has 0 saturated carbocycles. The number of hydrogen-bond donors (Lipinski definition) is 12. The summed E-state index contributed by atoms with van der Waals surface area (Å²) >= 11 is 0. The van der Waals surface area contributed by atoms with E-state index in [-0.39, 0.29) is 18.9 Å². The van der Waals surface area contributed by atoms with Crippen LogP contribution in [0, 0.1) is 0 Å². The molecule has 19 heteroatoms. The molecule has 0 aromatic rings. The van der Waals surface area contributed by atoms with Crippen LogP contribution >= 0.6 is 0 Å². The maximum atomic E-state index is 13.5. The lowest BCUT2D eigenvalue weighted by molar-refractivity contribution is -0.379. The van der Waals surface area contributed by atoms with Crippen molar-refractivity contribution in [2.75, 3.05) is 26.4 Å². The quantitative estimate of drug-likeness (QED) is 0.0252. The van der Waals surface area contributed by atoms with E-state index >= 15 is 0 Å². The van der Waals surface area contributed by atoms with Crippen molar-refractivity contribution in [3.8, 4) is 0 Å². The summed E-state index contributed by atoms with van der Waals surface area (Å²) < 4.78 is 34.6. The summed E-state index contributed by atoms with van der Waals surface area (Å²) in [5, 5.41) is 121. The molecule has 3 saturated heterocycles. The van der Waals surface area contributed by atoms with Crippen LogP contribution in [0.5, 0.6) is 0 Å². The van der Waals surface area contributed by atoms with Gasteiger partial charge in [0.2, 0.25) is 5.91 Å². The Kier molecular flexibility index (Phi) is 64.6. The largest absolute Gasteiger partial charge is 0.394 e. The van der Waals surface area contributed by atoms with E-state index in [1.54, 1.807) is 0 Å². The summed E-state index contributed by atoms with van der Waals surface area (Å²) in [5.74, 6) is -0.231. The van der Waals surface area contributed by atoms with Gasteiger partial charge < -0.3 is 89.9 Å². The van der Waals surface area contributed by atoms with E-state index in [9.17, 15) is 61.0 Å². The molecular weight excluding hydrogens is 1360 g/mol. The Bertz CT molecular complexity index is 1930. The van der Waals surface area contributed by atoms with Crippen LogP contribution in [0.25, 0.3) is 0 Å². The molecule has 3 heterocycles. The Morgan fingerprint density at radius 3 is 0.813 bits per heavy atom. The van der Waals surface area contributed by atoms with Gasteiger partial charge in [0.05, 0.1) is 38.6 Å². The molecule has 3 aliphatic rings. The van der Waals surface area contributed by atoms with E-state index in [0.717, 1.165) is 44.9 Å². The summed E-state index contributed by atoms with van der Waals surface area (Å²) in [6.45, 7) is 1.89. The molecule has 19 nitrogen and oxygen atoms in total. The monoisotopic (exact) mass is 1530 g/mol. The Balaban J connectivity index is 1.31. The average molecular weight is 1530 g/mol. The van der Waals surface area contributed by atoms with Crippen molar-refractivity contribution in [1.82, 2.24) is 5.32 Å². The first kappa shape index (κ1) is 100.0. The van der Waals surface area contributed by atoms with E-state index in [4.69, 9.17) is 28.4 Å². The standard InChI is InChI=1S/C88H171NO18/c1-3-5-7-9-11-13-15-17-19-21-23-25-27-29-31-33-34-35-36-38-39-41-43-45-47-49-51-53-55-57-59-61-63-65-72(93)71(89-76(94)66-64-62-60-58-56-54-52-50-48-46-44-42-40-37-32-30-28-26-24-22-20-18-16-14-12-10-8-6-4-2)70-102-86-82(100)79(97)84(74(68-91)104-86)107-88-83(101)80(98)85(75(69-92)105-88)106-87-81(99)78(96)77(95)73(67-90)103-87/h71-75,77-88,90-93,95-101H,3-70H2,1-2H3,(H,89,94). The van der Waals surface area contributed by atoms with Gasteiger partial charge >= 0.3 is 0 Å². The van der Waals surface area contributed by atoms with Crippen molar-refractivity contribution in [1.29, 1.82) is 0 Å². The van der Waals surface area contributed by atoms with Crippen molar-refractivity contribution < 1.29 is 89.4 Å². The van der Waals surface area contributed by atoms with E-state index in [0.29, 0.717) is 12.8 Å². The van der Waals surface area contributed by atoms with Crippen LogP contribution in [-0.2, 0) is 33.2 Å². The maximum absolute atomic E-state index is 13.5. The number of nitrogens with one attached hydrogen (secondary N) is 1. The second-order valence-electron chi connectivity index (χ2n) is 33.1. The first-order chi connectivity index (χ1) is 52.3. The third kappa shape index (κ3) is 48.1. The molecule has 0 radical (unpaired) electrons. The predicted molar refractivity (Wildman–Crippen MR) is 430 cm³/mol. The summed E-state index contributed by atoms with van der Waals surface area (Å²) in [6.07, 6.45) is 56.5. The number of ether oxygens (including phenoxy) is 6. The van der Waals surface area contributed by atoms with Crippen LogP contribution in [0.2, 0.25) is 0 Å². The molecule has 0 aliphatic carbocycles. The molecule has 107 heavy (non-hydrogen) atoms. The number of rotatable bonds is 76. The Morgan fingerprint density at radius 1 is 0.299 bits per heavy atom. The minimum absolute atomic E-state index is 0.231. The third-order valence-electron chi connectivity index (χ3n) is 23.4. The number of carbonyl (C=O) groups is 1. The Labute approximate surface area is 653 Å². The summed E-state index contributed by atoms with van der Waals surface area (Å²) in [6, 6.07) is -0.884. The zero-order chi connectivity index (χ0) is 77.4. The number of unbranched alkanes of at least 4 members (excludes halogenated alkanes) is 60. The first-order valence-corrected chi connectivity index (χ1v) is 45.8. The van der Waals surface area contributed by atoms with E-state index < -0.39 is 124 Å². The number of hydrogen-bond acceptors (Lipinski definition) is 18. The van der Waals surface area contributed by atoms with E-state index in [1.807, 2.05) is 0 Å². The highest BCUT2D eigenvalue weighted by Crippen LogP contribution is 2.34. The Hall–Kier alpha value is -1.21. The van der Waals surface area contributed by atoms with Crippen LogP contribution in [0.15, 0.2) is 0 Å². The normalized spacial score (nSPS) is 25.4. The molecule has 3 rings (SSSR count). The van der Waals surface area contributed by atoms with Crippen LogP contribution in [0.3, 0.4) is 0 Å². The number of amides is 1. The lowest BCUT2D eigenvalue weighted by atomic mass is 9.96. The fourth-order valence-electron chi connectivity index (χ4n) is 16.1. The van der Waals surface area contributed by atoms with Crippen molar-refractivity contribution >= 4 is 5.91 Å². The van der Waals surface area contributed by atoms with Crippen LogP contribution in [-0.4, -0.2) is 193 Å². The van der Waals surface area contributed by atoms with E-state index in [1.165, 1.54) is 347 Å². The molecule has 1 amide bonds. The minimum atomic E-state index is -1.97. The maximum Gasteiger partial charge on any atom is 0.220 e. The van der Waals surface area contributed by atoms with Gasteiger partial charge in [-0.3, -0.25) is 4.79 Å². The summed E-state index contributed by atoms with van der Waals surface area (Å²) in [5.41, 5.74) is 0. The highest BCUT2D eigenvalue weighted by Gasteiger charge is 2.54. The van der Waals surface area contributed by atoms with Crippen molar-refractivity contribution in [3.05, 3.63) is 0 Å². The van der Waals surface area contributed by atoms with Gasteiger partial charge in [0.15, 0.2) is 18.9 Å². The second kappa shape index (κ2) is 69.1. The molecule has 0 spiro atoms. The first-order valence-electron chi connectivity index (χ1n) is 45.8. The van der Waals surface area contributed by atoms with Crippen molar-refractivity contribution in [2.45, 2.75) is 529 Å². The van der Waals surface area contributed by atoms with Crippen LogP contribution in [0.1, 0.15) is 425 Å². The van der Waals surface area contributed by atoms with Gasteiger partial charge in [-0.15, -0.1) is 0 Å². The molecule has 636 valence electrons. The van der Waals surface area contributed by atoms with Crippen LogP contribution < -0.4 is 5.32 Å². The molecule has 17 atom stereocenters. The number of aliphatic hydroxyl groups is 11. The fraction of sp³-hybridized carbons (Fsp3) is 0.989. The smallest absolute Gasteiger partial charge is 0.220 e. The predicted octanol–water partition coefficient (Wildman–Crippen LogP) is 17.3. The third-order valence-corrected chi connectivity index (χ3v) is 23.4. The molecule has 0 bridgehead atoms. The zero-order valence-electron chi connectivity index (χ0n) is 68.7.